The molecule has 0 aromatic carbocycles. The second-order valence-corrected chi connectivity index (χ2v) is 6.91. The van der Waals surface area contributed by atoms with Gasteiger partial charge in [-0.05, 0) is 52.5 Å². The van der Waals surface area contributed by atoms with Crippen molar-refractivity contribution in [1.82, 2.24) is 5.32 Å². The lowest BCUT2D eigenvalue weighted by molar-refractivity contribution is -0.151. The van der Waals surface area contributed by atoms with E-state index in [1.54, 1.807) is 18.0 Å². The van der Waals surface area contributed by atoms with E-state index in [-0.39, 0.29) is 12.0 Å². The van der Waals surface area contributed by atoms with E-state index in [9.17, 15) is 4.79 Å². The maximum atomic E-state index is 12.6. The smallest absolute Gasteiger partial charge is 0.327 e. The van der Waals surface area contributed by atoms with Crippen molar-refractivity contribution >= 4 is 17.7 Å². The van der Waals surface area contributed by atoms with Gasteiger partial charge in [0.15, 0.2) is 0 Å². The number of carbonyl (C=O) groups excluding carboxylic acids is 1. The number of carbonyl (C=O) groups is 1. The van der Waals surface area contributed by atoms with E-state index in [1.165, 1.54) is 0 Å². The normalized spacial score (nSPS) is 17.8. The monoisotopic (exact) mass is 311 g/mol. The molecule has 1 aliphatic rings. The van der Waals surface area contributed by atoms with Crippen molar-refractivity contribution in [3.8, 4) is 0 Å². The van der Waals surface area contributed by atoms with Crippen LogP contribution < -0.4 is 5.32 Å². The topological polar surface area (TPSA) is 51.5 Å². The minimum Gasteiger partial charge on any atom is -0.468 e. The number of ether oxygens (including phenoxy) is 1. The molecular formula is C16H25NO3S. The van der Waals surface area contributed by atoms with Crippen LogP contribution in [0.4, 0.5) is 0 Å². The van der Waals surface area contributed by atoms with Gasteiger partial charge < -0.3 is 9.15 Å². The van der Waals surface area contributed by atoms with E-state index < -0.39 is 5.54 Å². The number of hydrogen-bond acceptors (Lipinski definition) is 5. The summed E-state index contributed by atoms with van der Waals surface area (Å²) < 4.78 is 10.7. The molecule has 0 spiro atoms. The molecule has 1 heterocycles. The highest BCUT2D eigenvalue weighted by atomic mass is 32.2. The second-order valence-electron chi connectivity index (χ2n) is 5.89. The summed E-state index contributed by atoms with van der Waals surface area (Å²) in [4.78, 5) is 13.7. The van der Waals surface area contributed by atoms with Crippen LogP contribution >= 0.6 is 11.8 Å². The molecule has 1 unspecified atom stereocenters. The molecule has 0 saturated heterocycles. The third-order valence-corrected chi connectivity index (χ3v) is 5.06. The van der Waals surface area contributed by atoms with Crippen molar-refractivity contribution in [2.75, 3.05) is 12.4 Å². The number of rotatable bonds is 8. The van der Waals surface area contributed by atoms with Gasteiger partial charge in [0.25, 0.3) is 0 Å². The SMILES string of the molecule is CCOC(=O)C(CSc1ccoc1C)(NC(C)C)C1CC1. The van der Waals surface area contributed by atoms with Crippen LogP contribution in [0.25, 0.3) is 0 Å². The van der Waals surface area contributed by atoms with Crippen LogP contribution in [0.5, 0.6) is 0 Å². The van der Waals surface area contributed by atoms with Crippen molar-refractivity contribution in [2.45, 2.75) is 57.0 Å². The zero-order chi connectivity index (χ0) is 15.5. The van der Waals surface area contributed by atoms with Gasteiger partial charge in [-0.1, -0.05) is 0 Å². The third-order valence-electron chi connectivity index (χ3n) is 3.73. The summed E-state index contributed by atoms with van der Waals surface area (Å²) in [7, 11) is 0. The molecule has 0 aliphatic heterocycles. The number of hydrogen-bond donors (Lipinski definition) is 1. The van der Waals surface area contributed by atoms with Crippen molar-refractivity contribution in [2.24, 2.45) is 5.92 Å². The molecule has 0 radical (unpaired) electrons. The summed E-state index contributed by atoms with van der Waals surface area (Å²) >= 11 is 1.67. The molecule has 1 N–H and O–H groups in total. The van der Waals surface area contributed by atoms with E-state index in [1.807, 2.05) is 19.9 Å². The summed E-state index contributed by atoms with van der Waals surface area (Å²) in [5.41, 5.74) is -0.585. The van der Waals surface area contributed by atoms with Gasteiger partial charge in [0, 0.05) is 16.7 Å². The van der Waals surface area contributed by atoms with Crippen LogP contribution in [0, 0.1) is 12.8 Å². The quantitative estimate of drug-likeness (QED) is 0.589. The van der Waals surface area contributed by atoms with Gasteiger partial charge in [-0.15, -0.1) is 11.8 Å². The highest BCUT2D eigenvalue weighted by Crippen LogP contribution is 2.44. The molecule has 118 valence electrons. The van der Waals surface area contributed by atoms with Crippen LogP contribution in [-0.4, -0.2) is 29.9 Å². The molecule has 21 heavy (non-hydrogen) atoms. The number of thioether (sulfide) groups is 1. The third kappa shape index (κ3) is 3.83. The van der Waals surface area contributed by atoms with Gasteiger partial charge >= 0.3 is 5.97 Å². The lowest BCUT2D eigenvalue weighted by Gasteiger charge is -2.34. The van der Waals surface area contributed by atoms with Gasteiger partial charge in [-0.2, -0.15) is 0 Å². The average Bonchev–Trinajstić information content (AvgIpc) is 3.19. The highest BCUT2D eigenvalue weighted by molar-refractivity contribution is 7.99. The van der Waals surface area contributed by atoms with Gasteiger partial charge in [0.1, 0.15) is 11.3 Å². The Hall–Kier alpha value is -0.940. The number of nitrogens with one attached hydrogen (secondary N) is 1. The van der Waals surface area contributed by atoms with Crippen LogP contribution in [0.3, 0.4) is 0 Å². The molecule has 1 aromatic heterocycles. The summed E-state index contributed by atoms with van der Waals surface area (Å²) in [5.74, 6) is 1.83. The zero-order valence-electron chi connectivity index (χ0n) is 13.3. The first kappa shape index (κ1) is 16.4. The molecule has 1 saturated carbocycles. The molecule has 1 atom stereocenters. The first-order valence-electron chi connectivity index (χ1n) is 7.61. The molecule has 1 aromatic rings. The van der Waals surface area contributed by atoms with Crippen LogP contribution in [0.2, 0.25) is 0 Å². The van der Waals surface area contributed by atoms with Crippen molar-refractivity contribution < 1.29 is 13.9 Å². The molecule has 5 heteroatoms. The summed E-state index contributed by atoms with van der Waals surface area (Å²) in [6.07, 6.45) is 3.86. The lowest BCUT2D eigenvalue weighted by Crippen LogP contribution is -2.59. The van der Waals surface area contributed by atoms with E-state index >= 15 is 0 Å². The zero-order valence-corrected chi connectivity index (χ0v) is 14.1. The molecule has 1 aliphatic carbocycles. The number of furan rings is 1. The summed E-state index contributed by atoms with van der Waals surface area (Å²) in [6, 6.07) is 2.19. The van der Waals surface area contributed by atoms with Crippen molar-refractivity contribution in [1.29, 1.82) is 0 Å². The fourth-order valence-corrected chi connectivity index (χ4v) is 3.85. The van der Waals surface area contributed by atoms with Crippen molar-refractivity contribution in [3.63, 3.8) is 0 Å². The molecule has 0 bridgehead atoms. The minimum atomic E-state index is -0.585. The minimum absolute atomic E-state index is 0.116. The fraction of sp³-hybridized carbons (Fsp3) is 0.688. The van der Waals surface area contributed by atoms with Crippen LogP contribution in [0.1, 0.15) is 39.4 Å². The first-order chi connectivity index (χ1) is 9.99. The maximum Gasteiger partial charge on any atom is 0.327 e. The molecule has 2 rings (SSSR count). The predicted octanol–water partition coefficient (Wildman–Crippen LogP) is 3.39. The Bertz CT molecular complexity index is 482. The van der Waals surface area contributed by atoms with E-state index in [0.717, 1.165) is 23.5 Å². The Morgan fingerprint density at radius 1 is 1.57 bits per heavy atom. The Balaban J connectivity index is 2.17. The lowest BCUT2D eigenvalue weighted by atomic mass is 9.94. The Morgan fingerprint density at radius 3 is 2.76 bits per heavy atom. The Kier molecular flexibility index (Phi) is 5.38. The van der Waals surface area contributed by atoms with E-state index in [4.69, 9.17) is 9.15 Å². The predicted molar refractivity (Wildman–Crippen MR) is 84.5 cm³/mol. The maximum absolute atomic E-state index is 12.6. The van der Waals surface area contributed by atoms with Gasteiger partial charge in [-0.25, -0.2) is 0 Å². The number of esters is 1. The number of aryl methyl sites for hydroxylation is 1. The summed E-state index contributed by atoms with van der Waals surface area (Å²) in [6.45, 7) is 8.37. The van der Waals surface area contributed by atoms with Crippen LogP contribution in [0.15, 0.2) is 21.6 Å². The second kappa shape index (κ2) is 6.88. The largest absolute Gasteiger partial charge is 0.468 e. The van der Waals surface area contributed by atoms with Crippen molar-refractivity contribution in [3.05, 3.63) is 18.1 Å². The Labute approximate surface area is 131 Å². The molecular weight excluding hydrogens is 286 g/mol. The van der Waals surface area contributed by atoms with E-state index in [0.29, 0.717) is 18.3 Å². The Morgan fingerprint density at radius 2 is 2.29 bits per heavy atom. The van der Waals surface area contributed by atoms with Gasteiger partial charge in [-0.3, -0.25) is 10.1 Å². The molecule has 4 nitrogen and oxygen atoms in total. The average molecular weight is 311 g/mol. The molecule has 0 amide bonds. The summed E-state index contributed by atoms with van der Waals surface area (Å²) in [5, 5.41) is 3.50. The fourth-order valence-electron chi connectivity index (χ4n) is 2.63. The van der Waals surface area contributed by atoms with Gasteiger partial charge in [0.2, 0.25) is 0 Å². The highest BCUT2D eigenvalue weighted by Gasteiger charge is 2.52. The van der Waals surface area contributed by atoms with E-state index in [2.05, 4.69) is 19.2 Å². The molecule has 1 fully saturated rings. The van der Waals surface area contributed by atoms with Crippen LogP contribution in [-0.2, 0) is 9.53 Å². The standard InChI is InChI=1S/C16H25NO3S/c1-5-19-15(18)16(13-6-7-13,17-11(2)3)10-21-14-8-9-20-12(14)4/h8-9,11,13,17H,5-7,10H2,1-4H3. The first-order valence-corrected chi connectivity index (χ1v) is 8.60. The van der Waals surface area contributed by atoms with Gasteiger partial charge in [0.05, 0.1) is 12.9 Å².